The molecule has 18 heavy (non-hydrogen) atoms. The summed E-state index contributed by atoms with van der Waals surface area (Å²) in [7, 11) is 0. The Kier molecular flexibility index (Phi) is 2.75. The van der Waals surface area contributed by atoms with Gasteiger partial charge in [-0.15, -0.1) is 5.10 Å². The lowest BCUT2D eigenvalue weighted by molar-refractivity contribution is 0.398. The standard InChI is InChI=1S/C11H16N6O/c1-7-9(5-13-18-7)10-14-11(16-15-10)17-4-2-3-8(12)6-17/h5,8H,2-4,6,12H2,1H3,(H,14,15,16). The maximum atomic E-state index is 5.96. The van der Waals surface area contributed by atoms with Gasteiger partial charge in [-0.1, -0.05) is 5.16 Å². The van der Waals surface area contributed by atoms with E-state index in [1.54, 1.807) is 6.20 Å². The number of nitrogens with zero attached hydrogens (tertiary/aromatic N) is 4. The van der Waals surface area contributed by atoms with Crippen LogP contribution in [0, 0.1) is 6.92 Å². The van der Waals surface area contributed by atoms with Crippen LogP contribution in [0.5, 0.6) is 0 Å². The first-order chi connectivity index (χ1) is 8.74. The van der Waals surface area contributed by atoms with Crippen LogP contribution in [0.2, 0.25) is 0 Å². The molecule has 1 unspecified atom stereocenters. The Hall–Kier alpha value is -1.89. The molecule has 0 bridgehead atoms. The van der Waals surface area contributed by atoms with Gasteiger partial charge in [0.1, 0.15) is 5.76 Å². The number of anilines is 1. The molecule has 1 aliphatic rings. The number of hydrogen-bond donors (Lipinski definition) is 2. The number of aromatic amines is 1. The summed E-state index contributed by atoms with van der Waals surface area (Å²) in [5.41, 5.74) is 6.80. The molecular formula is C11H16N6O. The van der Waals surface area contributed by atoms with E-state index in [0.29, 0.717) is 11.8 Å². The van der Waals surface area contributed by atoms with Crippen molar-refractivity contribution in [2.45, 2.75) is 25.8 Å². The zero-order valence-electron chi connectivity index (χ0n) is 10.3. The van der Waals surface area contributed by atoms with Crippen LogP contribution in [0.25, 0.3) is 11.4 Å². The average Bonchev–Trinajstić information content (AvgIpc) is 2.97. The lowest BCUT2D eigenvalue weighted by atomic mass is 10.1. The molecule has 0 radical (unpaired) electrons. The minimum Gasteiger partial charge on any atom is -0.361 e. The largest absolute Gasteiger partial charge is 0.361 e. The predicted octanol–water partition coefficient (Wildman–Crippen LogP) is 0.696. The molecule has 3 N–H and O–H groups in total. The van der Waals surface area contributed by atoms with E-state index >= 15 is 0 Å². The van der Waals surface area contributed by atoms with Crippen molar-refractivity contribution in [3.05, 3.63) is 12.0 Å². The van der Waals surface area contributed by atoms with E-state index in [4.69, 9.17) is 10.3 Å². The zero-order chi connectivity index (χ0) is 12.5. The van der Waals surface area contributed by atoms with Crippen LogP contribution in [0.15, 0.2) is 10.7 Å². The van der Waals surface area contributed by atoms with Crippen molar-refractivity contribution in [2.24, 2.45) is 5.73 Å². The van der Waals surface area contributed by atoms with Gasteiger partial charge >= 0.3 is 0 Å². The number of piperidine rings is 1. The molecule has 0 amide bonds. The highest BCUT2D eigenvalue weighted by molar-refractivity contribution is 5.57. The summed E-state index contributed by atoms with van der Waals surface area (Å²) in [5.74, 6) is 2.11. The van der Waals surface area contributed by atoms with Gasteiger partial charge in [0, 0.05) is 19.1 Å². The van der Waals surface area contributed by atoms with Gasteiger partial charge in [0.05, 0.1) is 11.8 Å². The second-order valence-corrected chi connectivity index (χ2v) is 4.63. The lowest BCUT2D eigenvalue weighted by Crippen LogP contribution is -2.43. The molecule has 1 atom stereocenters. The Labute approximate surface area is 104 Å². The second-order valence-electron chi connectivity index (χ2n) is 4.63. The summed E-state index contributed by atoms with van der Waals surface area (Å²) >= 11 is 0. The molecule has 7 heteroatoms. The first-order valence-corrected chi connectivity index (χ1v) is 6.08. The number of rotatable bonds is 2. The van der Waals surface area contributed by atoms with Crippen molar-refractivity contribution in [3.8, 4) is 11.4 Å². The van der Waals surface area contributed by atoms with Crippen LogP contribution < -0.4 is 10.6 Å². The van der Waals surface area contributed by atoms with Gasteiger partial charge in [-0.25, -0.2) is 0 Å². The Morgan fingerprint density at radius 2 is 2.44 bits per heavy atom. The fraction of sp³-hybridized carbons (Fsp3) is 0.545. The molecule has 1 saturated heterocycles. The maximum absolute atomic E-state index is 5.96. The van der Waals surface area contributed by atoms with E-state index in [2.05, 4.69) is 25.2 Å². The summed E-state index contributed by atoms with van der Waals surface area (Å²) in [6.07, 6.45) is 3.79. The number of aryl methyl sites for hydroxylation is 1. The molecule has 1 fully saturated rings. The lowest BCUT2D eigenvalue weighted by Gasteiger charge is -2.29. The molecule has 2 aromatic rings. The Morgan fingerprint density at radius 3 is 3.17 bits per heavy atom. The monoisotopic (exact) mass is 248 g/mol. The molecule has 3 rings (SSSR count). The Morgan fingerprint density at radius 1 is 1.56 bits per heavy atom. The van der Waals surface area contributed by atoms with Crippen LogP contribution in [0.3, 0.4) is 0 Å². The summed E-state index contributed by atoms with van der Waals surface area (Å²) in [5, 5.41) is 10.9. The molecule has 1 aliphatic heterocycles. The van der Waals surface area contributed by atoms with Crippen molar-refractivity contribution in [1.82, 2.24) is 20.3 Å². The minimum atomic E-state index is 0.207. The number of aromatic nitrogens is 4. The van der Waals surface area contributed by atoms with Gasteiger partial charge in [0.25, 0.3) is 0 Å². The summed E-state index contributed by atoms with van der Waals surface area (Å²) in [4.78, 5) is 6.58. The highest BCUT2D eigenvalue weighted by atomic mass is 16.5. The first-order valence-electron chi connectivity index (χ1n) is 6.08. The van der Waals surface area contributed by atoms with Crippen LogP contribution in [0.1, 0.15) is 18.6 Å². The van der Waals surface area contributed by atoms with Crippen molar-refractivity contribution in [1.29, 1.82) is 0 Å². The quantitative estimate of drug-likeness (QED) is 0.811. The highest BCUT2D eigenvalue weighted by Crippen LogP contribution is 2.22. The van der Waals surface area contributed by atoms with Crippen molar-refractivity contribution < 1.29 is 4.52 Å². The van der Waals surface area contributed by atoms with Crippen molar-refractivity contribution >= 4 is 5.95 Å². The number of nitrogens with two attached hydrogens (primary N) is 1. The highest BCUT2D eigenvalue weighted by Gasteiger charge is 2.21. The average molecular weight is 248 g/mol. The van der Waals surface area contributed by atoms with Crippen LogP contribution >= 0.6 is 0 Å². The molecule has 0 spiro atoms. The van der Waals surface area contributed by atoms with Crippen molar-refractivity contribution in [2.75, 3.05) is 18.0 Å². The van der Waals surface area contributed by atoms with E-state index in [1.165, 1.54) is 0 Å². The first kappa shape index (κ1) is 11.2. The third kappa shape index (κ3) is 1.97. The molecule has 96 valence electrons. The number of hydrogen-bond acceptors (Lipinski definition) is 6. The van der Waals surface area contributed by atoms with E-state index in [9.17, 15) is 0 Å². The Bertz CT molecular complexity index is 533. The molecular weight excluding hydrogens is 232 g/mol. The normalized spacial score (nSPS) is 20.3. The van der Waals surface area contributed by atoms with Crippen LogP contribution in [-0.4, -0.2) is 39.5 Å². The van der Waals surface area contributed by atoms with E-state index in [1.807, 2.05) is 6.92 Å². The Balaban J connectivity index is 1.83. The van der Waals surface area contributed by atoms with Crippen LogP contribution in [-0.2, 0) is 0 Å². The van der Waals surface area contributed by atoms with Gasteiger partial charge in [0.2, 0.25) is 5.95 Å². The van der Waals surface area contributed by atoms with Gasteiger partial charge in [-0.2, -0.15) is 4.98 Å². The molecule has 0 aliphatic carbocycles. The van der Waals surface area contributed by atoms with E-state index < -0.39 is 0 Å². The number of H-pyrrole nitrogens is 1. The van der Waals surface area contributed by atoms with E-state index in [0.717, 1.165) is 37.3 Å². The third-order valence-corrected chi connectivity index (χ3v) is 3.22. The van der Waals surface area contributed by atoms with Crippen molar-refractivity contribution in [3.63, 3.8) is 0 Å². The summed E-state index contributed by atoms with van der Waals surface area (Å²) in [6, 6.07) is 0.207. The fourth-order valence-electron chi connectivity index (χ4n) is 2.23. The van der Waals surface area contributed by atoms with Gasteiger partial charge < -0.3 is 15.2 Å². The summed E-state index contributed by atoms with van der Waals surface area (Å²) in [6.45, 7) is 3.61. The topological polar surface area (TPSA) is 96.9 Å². The molecule has 0 aromatic carbocycles. The van der Waals surface area contributed by atoms with E-state index in [-0.39, 0.29) is 6.04 Å². The molecule has 2 aromatic heterocycles. The SMILES string of the molecule is Cc1oncc1-c1nc(N2CCCC(N)C2)n[nH]1. The van der Waals surface area contributed by atoms with Gasteiger partial charge in [-0.3, -0.25) is 5.10 Å². The van der Waals surface area contributed by atoms with Crippen LogP contribution in [0.4, 0.5) is 5.95 Å². The number of nitrogens with one attached hydrogen (secondary N) is 1. The third-order valence-electron chi connectivity index (χ3n) is 3.22. The van der Waals surface area contributed by atoms with Gasteiger partial charge in [0.15, 0.2) is 5.82 Å². The summed E-state index contributed by atoms with van der Waals surface area (Å²) < 4.78 is 5.02. The molecule has 0 saturated carbocycles. The molecule has 3 heterocycles. The zero-order valence-corrected chi connectivity index (χ0v) is 10.3. The predicted molar refractivity (Wildman–Crippen MR) is 66.0 cm³/mol. The van der Waals surface area contributed by atoms with Gasteiger partial charge in [-0.05, 0) is 19.8 Å². The fourth-order valence-corrected chi connectivity index (χ4v) is 2.23. The minimum absolute atomic E-state index is 0.207. The maximum Gasteiger partial charge on any atom is 0.245 e. The smallest absolute Gasteiger partial charge is 0.245 e. The molecule has 7 nitrogen and oxygen atoms in total. The second kappa shape index (κ2) is 4.41.